The van der Waals surface area contributed by atoms with Crippen LogP contribution in [0.5, 0.6) is 0 Å². The number of fused-ring (bicyclic) bond motifs is 1. The van der Waals surface area contributed by atoms with Crippen molar-refractivity contribution in [3.63, 3.8) is 0 Å². The van der Waals surface area contributed by atoms with Crippen molar-refractivity contribution in [1.29, 1.82) is 0 Å². The molecule has 0 spiro atoms. The zero-order chi connectivity index (χ0) is 19.5. The summed E-state index contributed by atoms with van der Waals surface area (Å²) in [6, 6.07) is 18.8. The molecule has 0 saturated carbocycles. The molecular weight excluding hydrogens is 362 g/mol. The summed E-state index contributed by atoms with van der Waals surface area (Å²) in [5.41, 5.74) is 2.51. The minimum Gasteiger partial charge on any atom is -0.354 e. The first kappa shape index (κ1) is 17.2. The number of carbonyl (C=O) groups excluding carboxylic acids is 1. The van der Waals surface area contributed by atoms with Gasteiger partial charge in [-0.2, -0.15) is 0 Å². The van der Waals surface area contributed by atoms with E-state index in [1.165, 1.54) is 12.1 Å². The van der Waals surface area contributed by atoms with Gasteiger partial charge in [0, 0.05) is 23.0 Å². The van der Waals surface area contributed by atoms with Crippen LogP contribution in [0.3, 0.4) is 0 Å². The number of benzene rings is 3. The van der Waals surface area contributed by atoms with Crippen LogP contribution in [0.2, 0.25) is 0 Å². The lowest BCUT2D eigenvalue weighted by Crippen LogP contribution is -2.11. The fourth-order valence-electron chi connectivity index (χ4n) is 2.69. The Morgan fingerprint density at radius 3 is 2.32 bits per heavy atom. The van der Waals surface area contributed by atoms with E-state index in [1.54, 1.807) is 36.4 Å². The smallest absolute Gasteiger partial charge is 0.300 e. The van der Waals surface area contributed by atoms with E-state index in [0.717, 1.165) is 0 Å². The number of amides is 1. The summed E-state index contributed by atoms with van der Waals surface area (Å²) in [6.07, 6.45) is 0. The van der Waals surface area contributed by atoms with Crippen LogP contribution < -0.4 is 10.6 Å². The molecule has 0 aliphatic carbocycles. The van der Waals surface area contributed by atoms with E-state index in [2.05, 4.69) is 25.6 Å². The van der Waals surface area contributed by atoms with Gasteiger partial charge in [-0.05, 0) is 52.8 Å². The maximum atomic E-state index is 12.3. The number of non-ortho nitro benzene ring substituents is 1. The average molecular weight is 375 g/mol. The van der Waals surface area contributed by atoms with Crippen molar-refractivity contribution in [3.05, 3.63) is 82.4 Å². The molecule has 1 heterocycles. The van der Waals surface area contributed by atoms with Crippen molar-refractivity contribution in [1.82, 2.24) is 10.3 Å². The SMILES string of the molecule is O=C(Nc1ccccc1)c1ccc(Nc2ccc([N+](=O)[O-])c3nonc23)cc1. The quantitative estimate of drug-likeness (QED) is 0.397. The van der Waals surface area contributed by atoms with Crippen LogP contribution in [0.25, 0.3) is 11.0 Å². The van der Waals surface area contributed by atoms with Gasteiger partial charge in [0.15, 0.2) is 5.52 Å². The summed E-state index contributed by atoms with van der Waals surface area (Å²) < 4.78 is 4.64. The Morgan fingerprint density at radius 2 is 1.61 bits per heavy atom. The lowest BCUT2D eigenvalue weighted by atomic mass is 10.1. The van der Waals surface area contributed by atoms with Crippen LogP contribution in [0.1, 0.15) is 10.4 Å². The molecule has 0 radical (unpaired) electrons. The second-order valence-corrected chi connectivity index (χ2v) is 5.87. The van der Waals surface area contributed by atoms with Crippen molar-refractivity contribution in [2.24, 2.45) is 0 Å². The highest BCUT2D eigenvalue weighted by molar-refractivity contribution is 6.04. The molecule has 9 heteroatoms. The van der Waals surface area contributed by atoms with Crippen molar-refractivity contribution >= 4 is 39.7 Å². The minimum atomic E-state index is -0.545. The summed E-state index contributed by atoms with van der Waals surface area (Å²) in [4.78, 5) is 22.8. The molecular formula is C19H13N5O4. The van der Waals surface area contributed by atoms with Gasteiger partial charge >= 0.3 is 5.69 Å². The molecule has 3 aromatic carbocycles. The predicted octanol–water partition coefficient (Wildman–Crippen LogP) is 4.13. The van der Waals surface area contributed by atoms with Crippen LogP contribution in [-0.2, 0) is 0 Å². The first-order chi connectivity index (χ1) is 13.6. The van der Waals surface area contributed by atoms with Crippen LogP contribution in [0.15, 0.2) is 71.4 Å². The molecule has 0 saturated heterocycles. The highest BCUT2D eigenvalue weighted by Crippen LogP contribution is 2.30. The Bertz CT molecular complexity index is 1160. The number of hydrogen-bond donors (Lipinski definition) is 2. The van der Waals surface area contributed by atoms with Gasteiger partial charge in [-0.25, -0.2) is 4.63 Å². The van der Waals surface area contributed by atoms with Gasteiger partial charge in [-0.1, -0.05) is 18.2 Å². The van der Waals surface area contributed by atoms with E-state index in [1.807, 2.05) is 18.2 Å². The molecule has 0 aliphatic rings. The third-order valence-electron chi connectivity index (χ3n) is 4.05. The standard InChI is InChI=1S/C19H13N5O4/c25-19(21-13-4-2-1-3-5-13)12-6-8-14(9-7-12)20-15-10-11-16(24(26)27)18-17(15)22-28-23-18/h1-11,20H,(H,21,25). The average Bonchev–Trinajstić information content (AvgIpc) is 3.19. The number of nitro groups is 1. The lowest BCUT2D eigenvalue weighted by molar-refractivity contribution is -0.383. The maximum absolute atomic E-state index is 12.3. The molecule has 0 unspecified atom stereocenters. The Labute approximate surface area is 158 Å². The van der Waals surface area contributed by atoms with E-state index < -0.39 is 4.92 Å². The van der Waals surface area contributed by atoms with Gasteiger partial charge in [0.05, 0.1) is 10.6 Å². The third kappa shape index (κ3) is 3.36. The highest BCUT2D eigenvalue weighted by Gasteiger charge is 2.19. The summed E-state index contributed by atoms with van der Waals surface area (Å²) in [6.45, 7) is 0. The number of nitrogens with zero attached hydrogens (tertiary/aromatic N) is 3. The van der Waals surface area contributed by atoms with E-state index in [-0.39, 0.29) is 22.6 Å². The van der Waals surface area contributed by atoms with Gasteiger partial charge in [-0.15, -0.1) is 0 Å². The highest BCUT2D eigenvalue weighted by atomic mass is 16.6. The molecule has 4 rings (SSSR count). The van der Waals surface area contributed by atoms with Crippen molar-refractivity contribution < 1.29 is 14.3 Å². The van der Waals surface area contributed by atoms with Gasteiger partial charge in [0.2, 0.25) is 5.52 Å². The van der Waals surface area contributed by atoms with Crippen molar-refractivity contribution in [3.8, 4) is 0 Å². The summed E-state index contributed by atoms with van der Waals surface area (Å²) in [5.74, 6) is -0.226. The lowest BCUT2D eigenvalue weighted by Gasteiger charge is -2.08. The Morgan fingerprint density at radius 1 is 0.893 bits per heavy atom. The van der Waals surface area contributed by atoms with E-state index in [4.69, 9.17) is 0 Å². The Kier molecular flexibility index (Phi) is 4.38. The van der Waals surface area contributed by atoms with Crippen molar-refractivity contribution in [2.75, 3.05) is 10.6 Å². The summed E-state index contributed by atoms with van der Waals surface area (Å²) in [5, 5.41) is 24.3. The molecule has 138 valence electrons. The van der Waals surface area contributed by atoms with Crippen LogP contribution >= 0.6 is 0 Å². The van der Waals surface area contributed by atoms with Gasteiger partial charge in [-0.3, -0.25) is 14.9 Å². The minimum absolute atomic E-state index is 0.0638. The zero-order valence-electron chi connectivity index (χ0n) is 14.3. The molecule has 0 fully saturated rings. The molecule has 1 amide bonds. The first-order valence-electron chi connectivity index (χ1n) is 8.25. The summed E-state index contributed by atoms with van der Waals surface area (Å²) >= 11 is 0. The van der Waals surface area contributed by atoms with Gasteiger partial charge < -0.3 is 10.6 Å². The van der Waals surface area contributed by atoms with Gasteiger partial charge in [0.1, 0.15) is 0 Å². The number of anilines is 3. The topological polar surface area (TPSA) is 123 Å². The number of nitro benzene ring substituents is 1. The van der Waals surface area contributed by atoms with E-state index >= 15 is 0 Å². The Hall–Kier alpha value is -4.27. The molecule has 1 aromatic heterocycles. The number of para-hydroxylation sites is 1. The van der Waals surface area contributed by atoms with Crippen LogP contribution in [-0.4, -0.2) is 21.1 Å². The summed E-state index contributed by atoms with van der Waals surface area (Å²) in [7, 11) is 0. The third-order valence-corrected chi connectivity index (χ3v) is 4.05. The first-order valence-corrected chi connectivity index (χ1v) is 8.25. The normalized spacial score (nSPS) is 10.6. The van der Waals surface area contributed by atoms with Crippen molar-refractivity contribution in [2.45, 2.75) is 0 Å². The number of aromatic nitrogens is 2. The van der Waals surface area contributed by atoms with E-state index in [0.29, 0.717) is 22.6 Å². The molecule has 0 atom stereocenters. The largest absolute Gasteiger partial charge is 0.354 e. The molecule has 4 aromatic rings. The fourth-order valence-corrected chi connectivity index (χ4v) is 2.69. The number of rotatable bonds is 5. The van der Waals surface area contributed by atoms with E-state index in [9.17, 15) is 14.9 Å². The fraction of sp³-hybridized carbons (Fsp3) is 0. The molecule has 9 nitrogen and oxygen atoms in total. The Balaban J connectivity index is 1.53. The zero-order valence-corrected chi connectivity index (χ0v) is 14.3. The molecule has 0 aliphatic heterocycles. The number of hydrogen-bond acceptors (Lipinski definition) is 7. The molecule has 0 bridgehead atoms. The second-order valence-electron chi connectivity index (χ2n) is 5.87. The monoisotopic (exact) mass is 375 g/mol. The molecule has 28 heavy (non-hydrogen) atoms. The number of nitrogens with one attached hydrogen (secondary N) is 2. The van der Waals surface area contributed by atoms with Crippen LogP contribution in [0.4, 0.5) is 22.7 Å². The maximum Gasteiger partial charge on any atom is 0.300 e. The van der Waals surface area contributed by atoms with Gasteiger partial charge in [0.25, 0.3) is 5.91 Å². The predicted molar refractivity (Wildman–Crippen MR) is 103 cm³/mol. The van der Waals surface area contributed by atoms with Crippen LogP contribution in [0, 0.1) is 10.1 Å². The molecule has 2 N–H and O–H groups in total. The number of carbonyl (C=O) groups is 1. The second kappa shape index (κ2) is 7.16.